The lowest BCUT2D eigenvalue weighted by Gasteiger charge is -2.38. The fourth-order valence-corrected chi connectivity index (χ4v) is 4.29. The second-order valence-corrected chi connectivity index (χ2v) is 6.93. The van der Waals surface area contributed by atoms with E-state index in [0.29, 0.717) is 12.8 Å². The van der Waals surface area contributed by atoms with Gasteiger partial charge in [0.25, 0.3) is 5.60 Å². The van der Waals surface area contributed by atoms with Crippen LogP contribution < -0.4 is 0 Å². The first-order chi connectivity index (χ1) is 10.8. The highest BCUT2D eigenvalue weighted by molar-refractivity contribution is 5.85. The van der Waals surface area contributed by atoms with Crippen molar-refractivity contribution in [3.05, 3.63) is 12.2 Å². The fraction of sp³-hybridized carbons (Fsp3) is 0.800. The van der Waals surface area contributed by atoms with E-state index >= 15 is 0 Å². The summed E-state index contributed by atoms with van der Waals surface area (Å²) in [7, 11) is 0. The highest BCUT2D eigenvalue weighted by Gasteiger charge is 2.71. The Balaban J connectivity index is 2.15. The average Bonchev–Trinajstić information content (AvgIpc) is 2.94. The van der Waals surface area contributed by atoms with Crippen molar-refractivity contribution in [1.82, 2.24) is 0 Å². The minimum absolute atomic E-state index is 0.0303. The Morgan fingerprint density at radius 1 is 1.00 bits per heavy atom. The van der Waals surface area contributed by atoms with Crippen LogP contribution in [0.15, 0.2) is 12.2 Å². The Kier molecular flexibility index (Phi) is 4.71. The smallest absolute Gasteiger partial charge is 0.426 e. The maximum Gasteiger partial charge on any atom is 0.426 e. The Bertz CT molecular complexity index is 510. The number of rotatable bonds is 5. The molecule has 0 heterocycles. The summed E-state index contributed by atoms with van der Waals surface area (Å²) in [6, 6.07) is 0. The molecule has 9 heteroatoms. The molecular weight excluding hydrogens is 342 g/mol. The lowest BCUT2D eigenvalue weighted by Crippen LogP contribution is -2.58. The molecule has 0 aromatic rings. The van der Waals surface area contributed by atoms with Crippen LogP contribution in [-0.2, 0) is 4.79 Å². The molecule has 0 aromatic heterocycles. The molecule has 2 N–H and O–H groups in total. The average molecular weight is 360 g/mol. The molecule has 2 rings (SSSR count). The van der Waals surface area contributed by atoms with Gasteiger partial charge in [-0.1, -0.05) is 6.58 Å². The van der Waals surface area contributed by atoms with Crippen molar-refractivity contribution >= 4 is 5.97 Å². The molecule has 0 saturated heterocycles. The van der Waals surface area contributed by atoms with Gasteiger partial charge in [-0.2, -0.15) is 26.3 Å². The van der Waals surface area contributed by atoms with Gasteiger partial charge in [0.2, 0.25) is 0 Å². The summed E-state index contributed by atoms with van der Waals surface area (Å²) >= 11 is 0. The largest absolute Gasteiger partial charge is 0.478 e. The number of aliphatic carboxylic acids is 1. The maximum atomic E-state index is 12.8. The number of alkyl halides is 6. The summed E-state index contributed by atoms with van der Waals surface area (Å²) in [5, 5.41) is 18.2. The lowest BCUT2D eigenvalue weighted by atomic mass is 9.73. The highest BCUT2D eigenvalue weighted by atomic mass is 19.4. The molecule has 24 heavy (non-hydrogen) atoms. The first-order valence-electron chi connectivity index (χ1n) is 7.53. The summed E-state index contributed by atoms with van der Waals surface area (Å²) in [6.45, 7) is 3.37. The molecule has 2 saturated carbocycles. The number of halogens is 6. The molecule has 2 aliphatic rings. The first kappa shape index (κ1) is 19.1. The second-order valence-electron chi connectivity index (χ2n) is 6.93. The van der Waals surface area contributed by atoms with E-state index < -0.39 is 42.2 Å². The first-order valence-corrected chi connectivity index (χ1v) is 7.53. The van der Waals surface area contributed by atoms with Gasteiger partial charge < -0.3 is 10.2 Å². The molecule has 0 aromatic carbocycles. The number of hydrogen-bond acceptors (Lipinski definition) is 2. The van der Waals surface area contributed by atoms with Crippen LogP contribution in [0.4, 0.5) is 26.3 Å². The number of carboxylic acid groups (broad SMARTS) is 1. The van der Waals surface area contributed by atoms with Crippen LogP contribution >= 0.6 is 0 Å². The van der Waals surface area contributed by atoms with Crippen LogP contribution in [0, 0.1) is 23.7 Å². The van der Waals surface area contributed by atoms with Crippen molar-refractivity contribution in [1.29, 1.82) is 0 Å². The Labute approximate surface area is 134 Å². The van der Waals surface area contributed by atoms with Crippen LogP contribution in [0.2, 0.25) is 0 Å². The molecule has 0 spiro atoms. The maximum absolute atomic E-state index is 12.8. The minimum Gasteiger partial charge on any atom is -0.478 e. The van der Waals surface area contributed by atoms with Gasteiger partial charge in [0, 0.05) is 5.57 Å². The van der Waals surface area contributed by atoms with Gasteiger partial charge in [-0.15, -0.1) is 0 Å². The van der Waals surface area contributed by atoms with Crippen molar-refractivity contribution in [3.63, 3.8) is 0 Å². The summed E-state index contributed by atoms with van der Waals surface area (Å²) in [4.78, 5) is 10.8. The summed E-state index contributed by atoms with van der Waals surface area (Å²) in [5.74, 6) is -2.96. The van der Waals surface area contributed by atoms with E-state index in [1.54, 1.807) is 0 Å². The zero-order valence-electron chi connectivity index (χ0n) is 12.6. The Hall–Kier alpha value is -1.25. The second kappa shape index (κ2) is 5.93. The third-order valence-electron chi connectivity index (χ3n) is 5.40. The predicted octanol–water partition coefficient (Wildman–Crippen LogP) is 3.93. The fourth-order valence-electron chi connectivity index (χ4n) is 4.29. The standard InChI is InChI=1S/C15H18F6O3/c1-7(12(22)23)2-9-3-8-4-10(11(9)5-8)6-13(24,14(16,17)18)15(19,20)21/h8-11,24H,1-6H2,(H,22,23). The molecule has 2 fully saturated rings. The third kappa shape index (κ3) is 3.27. The van der Waals surface area contributed by atoms with Crippen LogP contribution in [-0.4, -0.2) is 34.1 Å². The van der Waals surface area contributed by atoms with Crippen LogP contribution in [0.1, 0.15) is 32.1 Å². The number of hydrogen-bond donors (Lipinski definition) is 2. The Morgan fingerprint density at radius 2 is 1.50 bits per heavy atom. The molecule has 0 aliphatic heterocycles. The van der Waals surface area contributed by atoms with Crippen molar-refractivity contribution in [2.24, 2.45) is 23.7 Å². The van der Waals surface area contributed by atoms with Gasteiger partial charge in [-0.3, -0.25) is 0 Å². The normalized spacial score (nSPS) is 30.6. The van der Waals surface area contributed by atoms with Gasteiger partial charge in [-0.25, -0.2) is 4.79 Å². The molecule has 4 atom stereocenters. The number of carboxylic acids is 1. The predicted molar refractivity (Wildman–Crippen MR) is 70.9 cm³/mol. The van der Waals surface area contributed by atoms with Gasteiger partial charge in [-0.05, 0) is 55.8 Å². The van der Waals surface area contributed by atoms with E-state index in [4.69, 9.17) is 5.11 Å². The topological polar surface area (TPSA) is 57.5 Å². The quantitative estimate of drug-likeness (QED) is 0.577. The number of carbonyl (C=O) groups is 1. The van der Waals surface area contributed by atoms with E-state index in [1.165, 1.54) is 0 Å². The van der Waals surface area contributed by atoms with Crippen molar-refractivity contribution in [2.75, 3.05) is 0 Å². The zero-order valence-corrected chi connectivity index (χ0v) is 12.6. The summed E-state index contributed by atoms with van der Waals surface area (Å²) < 4.78 is 77.1. The van der Waals surface area contributed by atoms with Gasteiger partial charge in [0.15, 0.2) is 0 Å². The number of fused-ring (bicyclic) bond motifs is 2. The van der Waals surface area contributed by atoms with Crippen LogP contribution in [0.25, 0.3) is 0 Å². The summed E-state index contributed by atoms with van der Waals surface area (Å²) in [5.41, 5.74) is -4.84. The molecule has 3 nitrogen and oxygen atoms in total. The molecule has 138 valence electrons. The van der Waals surface area contributed by atoms with E-state index in [1.807, 2.05) is 0 Å². The monoisotopic (exact) mass is 360 g/mol. The van der Waals surface area contributed by atoms with Gasteiger partial charge in [0.05, 0.1) is 0 Å². The SMILES string of the molecule is C=C(CC1CC2CC(CC(O)(C(F)(F)F)C(F)(F)F)C1C2)C(=O)O. The molecule has 2 aliphatic carbocycles. The van der Waals surface area contributed by atoms with Crippen molar-refractivity contribution < 1.29 is 41.4 Å². The van der Waals surface area contributed by atoms with E-state index in [9.17, 15) is 36.2 Å². The molecule has 2 bridgehead atoms. The molecule has 0 radical (unpaired) electrons. The minimum atomic E-state index is -5.81. The van der Waals surface area contributed by atoms with Crippen molar-refractivity contribution in [2.45, 2.75) is 50.1 Å². The molecule has 0 amide bonds. The zero-order chi connectivity index (χ0) is 18.5. The summed E-state index contributed by atoms with van der Waals surface area (Å²) in [6.07, 6.45) is -11.8. The van der Waals surface area contributed by atoms with E-state index in [0.717, 1.165) is 0 Å². The lowest BCUT2D eigenvalue weighted by molar-refractivity contribution is -0.373. The van der Waals surface area contributed by atoms with E-state index in [-0.39, 0.29) is 30.3 Å². The molecular formula is C15H18F6O3. The number of aliphatic hydroxyl groups is 1. The molecule has 4 unspecified atom stereocenters. The van der Waals surface area contributed by atoms with Gasteiger partial charge >= 0.3 is 18.3 Å². The highest BCUT2D eigenvalue weighted by Crippen LogP contribution is 2.58. The van der Waals surface area contributed by atoms with Gasteiger partial charge in [0.1, 0.15) is 0 Å². The Morgan fingerprint density at radius 3 is 1.92 bits per heavy atom. The van der Waals surface area contributed by atoms with Crippen LogP contribution in [0.5, 0.6) is 0 Å². The van der Waals surface area contributed by atoms with Crippen LogP contribution in [0.3, 0.4) is 0 Å². The van der Waals surface area contributed by atoms with E-state index in [2.05, 4.69) is 6.58 Å². The third-order valence-corrected chi connectivity index (χ3v) is 5.40. The van der Waals surface area contributed by atoms with Crippen molar-refractivity contribution in [3.8, 4) is 0 Å².